The molecule has 0 aromatic heterocycles. The Balaban J connectivity index is -0.000000369. The number of hydrogen-bond acceptors (Lipinski definition) is 6. The van der Waals surface area contributed by atoms with Crippen LogP contribution in [-0.4, -0.2) is 22.9 Å². The average Bonchev–Trinajstić information content (AvgIpc) is 2.62. The van der Waals surface area contributed by atoms with Crippen LogP contribution in [0.3, 0.4) is 0 Å². The molecule has 0 radical (unpaired) electrons. The molecule has 1 N–H and O–H groups in total. The molecular weight excluding hydrogens is 339 g/mol. The van der Waals surface area contributed by atoms with Crippen molar-refractivity contribution in [1.29, 1.82) is 0 Å². The van der Waals surface area contributed by atoms with Crippen molar-refractivity contribution in [3.8, 4) is 0 Å². The fourth-order valence-electron chi connectivity index (χ4n) is 2.29. The smallest absolute Gasteiger partial charge is 0.802 e. The van der Waals surface area contributed by atoms with E-state index in [-0.39, 0.29) is 35.5 Å². The quantitative estimate of drug-likeness (QED) is 0.0699. The van der Waals surface area contributed by atoms with E-state index in [9.17, 15) is 4.79 Å². The number of rotatable bonds is 14. The van der Waals surface area contributed by atoms with Crippen LogP contribution in [0.5, 0.6) is 0 Å². The molecule has 0 spiro atoms. The molecule has 0 saturated heterocycles. The summed E-state index contributed by atoms with van der Waals surface area (Å²) in [7, 11) is 1.43. The maximum Gasteiger partial charge on any atom is 1.00 e. The molecular formula is C17H35NaO5S-2. The number of ether oxygens (including phenoxy) is 1. The SMILES string of the molecule is CCCCCCCCCCCCCC[CH-]C(=O)OC.[Na+].[O-]O.[O-]S. The van der Waals surface area contributed by atoms with Crippen LogP contribution in [0.1, 0.15) is 90.4 Å². The van der Waals surface area contributed by atoms with E-state index in [4.69, 9.17) is 15.1 Å². The summed E-state index contributed by atoms with van der Waals surface area (Å²) in [6.45, 7) is 2.27. The van der Waals surface area contributed by atoms with Crippen LogP contribution < -0.4 is 34.8 Å². The molecule has 0 aliphatic rings. The van der Waals surface area contributed by atoms with Gasteiger partial charge in [-0.05, 0) is 0 Å². The molecule has 7 heteroatoms. The Morgan fingerprint density at radius 3 is 1.54 bits per heavy atom. The van der Waals surface area contributed by atoms with Gasteiger partial charge < -0.3 is 19.8 Å². The Labute approximate surface area is 176 Å². The van der Waals surface area contributed by atoms with E-state index in [1.165, 1.54) is 77.7 Å². The summed E-state index contributed by atoms with van der Waals surface area (Å²) in [5.74, 6) is -0.192. The zero-order valence-electron chi connectivity index (χ0n) is 15.8. The molecule has 0 aromatic carbocycles. The van der Waals surface area contributed by atoms with Crippen LogP contribution >= 0.6 is 12.9 Å². The van der Waals surface area contributed by atoms with Crippen molar-refractivity contribution in [3.05, 3.63) is 6.42 Å². The molecule has 0 fully saturated rings. The van der Waals surface area contributed by atoms with Crippen LogP contribution in [0.2, 0.25) is 0 Å². The van der Waals surface area contributed by atoms with Gasteiger partial charge in [0.15, 0.2) is 5.97 Å². The van der Waals surface area contributed by atoms with Crippen LogP contribution in [0.15, 0.2) is 0 Å². The van der Waals surface area contributed by atoms with Crippen molar-refractivity contribution in [1.82, 2.24) is 0 Å². The second kappa shape index (κ2) is 34.8. The molecule has 0 heterocycles. The largest absolute Gasteiger partial charge is 1.00 e. The van der Waals surface area contributed by atoms with Crippen LogP contribution in [0.4, 0.5) is 0 Å². The van der Waals surface area contributed by atoms with Gasteiger partial charge in [-0.25, -0.2) is 0 Å². The first-order valence-corrected chi connectivity index (χ1v) is 8.95. The first kappa shape index (κ1) is 32.3. The summed E-state index contributed by atoms with van der Waals surface area (Å²) in [4.78, 5) is 10.8. The number of esters is 1. The van der Waals surface area contributed by atoms with E-state index in [2.05, 4.69) is 24.6 Å². The minimum absolute atomic E-state index is 0. The molecule has 0 aromatic rings. The van der Waals surface area contributed by atoms with E-state index in [0.717, 1.165) is 12.8 Å². The van der Waals surface area contributed by atoms with Crippen LogP contribution in [-0.2, 0) is 9.53 Å². The fraction of sp³-hybridized carbons (Fsp3) is 0.882. The maximum atomic E-state index is 10.8. The van der Waals surface area contributed by atoms with E-state index in [0.29, 0.717) is 0 Å². The molecule has 0 rings (SSSR count). The van der Waals surface area contributed by atoms with Gasteiger partial charge in [0.05, 0.1) is 7.11 Å². The van der Waals surface area contributed by atoms with Gasteiger partial charge in [-0.2, -0.15) is 6.42 Å². The molecule has 24 heavy (non-hydrogen) atoms. The molecule has 0 atom stereocenters. The molecule has 0 unspecified atom stereocenters. The molecule has 142 valence electrons. The molecule has 0 amide bonds. The standard InChI is InChI=1S/C17H33O2.Na.H2O2.H2OS/c1-3-4-5-6-7-8-9-10-11-12-13-14-15-16-17(18)19-2;;2*1-2/h16H,3-15H2,1-2H3;;2*1-2H/q-1;+1;;/p-2. The fourth-order valence-corrected chi connectivity index (χ4v) is 2.29. The van der Waals surface area contributed by atoms with Gasteiger partial charge in [0.2, 0.25) is 0 Å². The molecule has 0 bridgehead atoms. The van der Waals surface area contributed by atoms with Gasteiger partial charge in [-0.1, -0.05) is 84.0 Å². The van der Waals surface area contributed by atoms with Gasteiger partial charge in [-0.3, -0.25) is 24.1 Å². The zero-order valence-corrected chi connectivity index (χ0v) is 18.7. The number of thiol groups is 1. The van der Waals surface area contributed by atoms with Crippen molar-refractivity contribution < 1.29 is 54.2 Å². The predicted molar refractivity (Wildman–Crippen MR) is 94.4 cm³/mol. The third-order valence-electron chi connectivity index (χ3n) is 3.57. The van der Waals surface area contributed by atoms with Crippen molar-refractivity contribution in [2.75, 3.05) is 7.11 Å². The van der Waals surface area contributed by atoms with E-state index in [1.807, 2.05) is 0 Å². The topological polar surface area (TPSA) is 92.7 Å². The van der Waals surface area contributed by atoms with Crippen molar-refractivity contribution in [2.24, 2.45) is 0 Å². The first-order valence-electron chi connectivity index (χ1n) is 8.59. The molecule has 5 nitrogen and oxygen atoms in total. The number of methoxy groups -OCH3 is 1. The normalized spacial score (nSPS) is 8.75. The second-order valence-corrected chi connectivity index (χ2v) is 5.41. The minimum atomic E-state index is -0.192. The van der Waals surface area contributed by atoms with E-state index < -0.39 is 0 Å². The number of hydrogen-bond donors (Lipinski definition) is 2. The van der Waals surface area contributed by atoms with Crippen molar-refractivity contribution >= 4 is 18.9 Å². The summed E-state index contributed by atoms with van der Waals surface area (Å²) < 4.78 is 12.5. The summed E-state index contributed by atoms with van der Waals surface area (Å²) in [5.41, 5.74) is 0. The second-order valence-electron chi connectivity index (χ2n) is 5.41. The molecule has 0 aliphatic heterocycles. The van der Waals surface area contributed by atoms with Gasteiger partial charge in [0, 0.05) is 0 Å². The predicted octanol–water partition coefficient (Wildman–Crippen LogP) is 1.33. The Morgan fingerprint density at radius 2 is 1.21 bits per heavy atom. The summed E-state index contributed by atoms with van der Waals surface area (Å²) in [5, 5.41) is 13.0. The van der Waals surface area contributed by atoms with Crippen molar-refractivity contribution in [3.63, 3.8) is 0 Å². The Morgan fingerprint density at radius 1 is 0.875 bits per heavy atom. The Kier molecular flexibility index (Phi) is 46.8. The minimum Gasteiger partial charge on any atom is -0.802 e. The summed E-state index contributed by atoms with van der Waals surface area (Å²) in [6.07, 6.45) is 18.8. The third kappa shape index (κ3) is 34.0. The number of unbranched alkanes of at least 4 members (excludes halogenated alkanes) is 12. The number of carbonyl (C=O) groups is 1. The van der Waals surface area contributed by atoms with Gasteiger partial charge in [-0.15, -0.1) is 0 Å². The van der Waals surface area contributed by atoms with Gasteiger partial charge in [0.25, 0.3) is 0 Å². The Hall–Kier alpha value is 0.570. The van der Waals surface area contributed by atoms with Gasteiger partial charge in [0.1, 0.15) is 0 Å². The Bertz CT molecular complexity index is 209. The summed E-state index contributed by atoms with van der Waals surface area (Å²) in [6, 6.07) is 0. The van der Waals surface area contributed by atoms with Crippen molar-refractivity contribution in [2.45, 2.75) is 90.4 Å². The zero-order chi connectivity index (χ0) is 18.2. The number of carbonyl (C=O) groups excluding carboxylic acids is 1. The molecule has 0 saturated carbocycles. The average molecular weight is 375 g/mol. The molecule has 0 aliphatic carbocycles. The monoisotopic (exact) mass is 374 g/mol. The van der Waals surface area contributed by atoms with E-state index >= 15 is 0 Å². The summed E-state index contributed by atoms with van der Waals surface area (Å²) >= 11 is 2.28. The van der Waals surface area contributed by atoms with Crippen LogP contribution in [0.25, 0.3) is 0 Å². The third-order valence-corrected chi connectivity index (χ3v) is 3.57. The van der Waals surface area contributed by atoms with Gasteiger partial charge >= 0.3 is 29.6 Å². The first-order chi connectivity index (χ1) is 11.3. The van der Waals surface area contributed by atoms with Crippen LogP contribution in [0, 0.1) is 6.42 Å². The maximum absolute atomic E-state index is 10.8. The van der Waals surface area contributed by atoms with E-state index in [1.54, 1.807) is 6.42 Å².